The number of alkyl halides is 1. The lowest BCUT2D eigenvalue weighted by Gasteiger charge is -2.33. The Morgan fingerprint density at radius 1 is 1.59 bits per heavy atom. The Morgan fingerprint density at radius 2 is 2.47 bits per heavy atom. The van der Waals surface area contributed by atoms with Gasteiger partial charge in [-0.25, -0.2) is 4.98 Å². The normalized spacial score (nSPS) is 30.0. The summed E-state index contributed by atoms with van der Waals surface area (Å²) < 4.78 is 0. The minimum atomic E-state index is 0.535. The van der Waals surface area contributed by atoms with Crippen LogP contribution in [0.1, 0.15) is 49.4 Å². The van der Waals surface area contributed by atoms with E-state index in [9.17, 15) is 0 Å². The Kier molecular flexibility index (Phi) is 3.42. The molecule has 0 N–H and O–H groups in total. The van der Waals surface area contributed by atoms with Gasteiger partial charge in [-0.3, -0.25) is 4.90 Å². The Hall–Kier alpha value is -0.120. The summed E-state index contributed by atoms with van der Waals surface area (Å²) in [6, 6.07) is 1.36. The van der Waals surface area contributed by atoms with Gasteiger partial charge in [0.05, 0.1) is 17.6 Å². The fraction of sp³-hybridized carbons (Fsp3) is 0.769. The van der Waals surface area contributed by atoms with Crippen LogP contribution in [0.3, 0.4) is 0 Å². The summed E-state index contributed by atoms with van der Waals surface area (Å²) in [5, 5.41) is 3.38. The lowest BCUT2D eigenvalue weighted by molar-refractivity contribution is 0.145. The number of nitrogens with zero attached hydrogens (tertiary/aromatic N) is 2. The summed E-state index contributed by atoms with van der Waals surface area (Å²) in [4.78, 5) is 7.37. The monoisotopic (exact) mass is 270 g/mol. The van der Waals surface area contributed by atoms with Crippen molar-refractivity contribution in [3.05, 3.63) is 16.1 Å². The summed E-state index contributed by atoms with van der Waals surface area (Å²) in [5.41, 5.74) is 1.04. The molecule has 2 nitrogen and oxygen atoms in total. The van der Waals surface area contributed by atoms with Gasteiger partial charge in [0.1, 0.15) is 5.01 Å². The SMILES string of the molecule is CCC(c1nc(CCl)cs1)N1CC2CCC1C2. The van der Waals surface area contributed by atoms with Gasteiger partial charge in [-0.2, -0.15) is 0 Å². The fourth-order valence-electron chi connectivity index (χ4n) is 3.43. The van der Waals surface area contributed by atoms with Gasteiger partial charge in [0, 0.05) is 18.0 Å². The van der Waals surface area contributed by atoms with Crippen molar-refractivity contribution >= 4 is 22.9 Å². The molecule has 1 aliphatic heterocycles. The average molecular weight is 271 g/mol. The molecule has 2 aliphatic rings. The lowest BCUT2D eigenvalue weighted by Crippen LogP contribution is -2.35. The third-order valence-corrected chi connectivity index (χ3v) is 5.50. The zero-order chi connectivity index (χ0) is 11.8. The molecular formula is C13H19ClN2S. The molecule has 0 spiro atoms. The molecule has 1 aliphatic carbocycles. The van der Waals surface area contributed by atoms with E-state index in [-0.39, 0.29) is 0 Å². The van der Waals surface area contributed by atoms with Crippen molar-refractivity contribution in [1.29, 1.82) is 0 Å². The Balaban J connectivity index is 1.79. The van der Waals surface area contributed by atoms with Crippen LogP contribution in [0.4, 0.5) is 0 Å². The first-order valence-electron chi connectivity index (χ1n) is 6.57. The van der Waals surface area contributed by atoms with Crippen LogP contribution < -0.4 is 0 Å². The van der Waals surface area contributed by atoms with E-state index in [0.29, 0.717) is 11.9 Å². The van der Waals surface area contributed by atoms with E-state index < -0.39 is 0 Å². The Labute approximate surface area is 112 Å². The highest BCUT2D eigenvalue weighted by molar-refractivity contribution is 7.09. The number of hydrogen-bond donors (Lipinski definition) is 0. The van der Waals surface area contributed by atoms with Crippen LogP contribution in [0.2, 0.25) is 0 Å². The molecule has 2 heterocycles. The maximum absolute atomic E-state index is 5.84. The number of piperidine rings is 1. The third-order valence-electron chi connectivity index (χ3n) is 4.23. The van der Waals surface area contributed by atoms with E-state index in [2.05, 4.69) is 22.2 Å². The average Bonchev–Trinajstić information content (AvgIpc) is 3.05. The standard InChI is InChI=1S/C13H19ClN2S/c1-2-12(13-15-10(6-14)8-17-13)16-7-9-3-4-11(16)5-9/h8-9,11-12H,2-7H2,1H3. The minimum absolute atomic E-state index is 0.535. The molecule has 4 heteroatoms. The van der Waals surface area contributed by atoms with Crippen LogP contribution in [-0.2, 0) is 5.88 Å². The highest BCUT2D eigenvalue weighted by Gasteiger charge is 2.41. The maximum atomic E-state index is 5.84. The molecule has 3 rings (SSSR count). The number of likely N-dealkylation sites (tertiary alicyclic amines) is 1. The first-order valence-corrected chi connectivity index (χ1v) is 7.99. The summed E-state index contributed by atoms with van der Waals surface area (Å²) in [6.45, 7) is 3.57. The predicted octanol–water partition coefficient (Wildman–Crippen LogP) is 3.82. The highest BCUT2D eigenvalue weighted by Crippen LogP contribution is 2.43. The van der Waals surface area contributed by atoms with Crippen molar-refractivity contribution in [3.8, 4) is 0 Å². The first-order chi connectivity index (χ1) is 8.31. The Bertz CT molecular complexity index is 393. The zero-order valence-corrected chi connectivity index (χ0v) is 11.8. The van der Waals surface area contributed by atoms with Gasteiger partial charge in [0.2, 0.25) is 0 Å². The number of aromatic nitrogens is 1. The van der Waals surface area contributed by atoms with E-state index in [1.54, 1.807) is 11.3 Å². The molecule has 3 unspecified atom stereocenters. The van der Waals surface area contributed by atoms with Gasteiger partial charge < -0.3 is 0 Å². The second kappa shape index (κ2) is 4.87. The molecule has 1 aromatic heterocycles. The summed E-state index contributed by atoms with van der Waals surface area (Å²) in [5.74, 6) is 1.50. The fourth-order valence-corrected chi connectivity index (χ4v) is 4.68. The highest BCUT2D eigenvalue weighted by atomic mass is 35.5. The molecule has 2 bridgehead atoms. The van der Waals surface area contributed by atoms with Crippen molar-refractivity contribution in [2.75, 3.05) is 6.54 Å². The van der Waals surface area contributed by atoms with Gasteiger partial charge in [-0.15, -0.1) is 22.9 Å². The quantitative estimate of drug-likeness (QED) is 0.774. The lowest BCUT2D eigenvalue weighted by atomic mass is 10.1. The minimum Gasteiger partial charge on any atom is -0.291 e. The van der Waals surface area contributed by atoms with Gasteiger partial charge in [-0.1, -0.05) is 6.92 Å². The zero-order valence-electron chi connectivity index (χ0n) is 10.2. The van der Waals surface area contributed by atoms with Crippen LogP contribution >= 0.6 is 22.9 Å². The van der Waals surface area contributed by atoms with E-state index in [1.807, 2.05) is 0 Å². The first kappa shape index (κ1) is 11.9. The van der Waals surface area contributed by atoms with Gasteiger partial charge in [0.25, 0.3) is 0 Å². The van der Waals surface area contributed by atoms with Crippen LogP contribution in [0.25, 0.3) is 0 Å². The summed E-state index contributed by atoms with van der Waals surface area (Å²) >= 11 is 7.63. The van der Waals surface area contributed by atoms with E-state index in [4.69, 9.17) is 11.6 Å². The predicted molar refractivity (Wildman–Crippen MR) is 72.5 cm³/mol. The van der Waals surface area contributed by atoms with Crippen LogP contribution in [0.15, 0.2) is 5.38 Å². The molecule has 0 radical (unpaired) electrons. The molecule has 3 atom stereocenters. The molecule has 0 amide bonds. The van der Waals surface area contributed by atoms with Crippen LogP contribution in [-0.4, -0.2) is 22.5 Å². The maximum Gasteiger partial charge on any atom is 0.110 e. The number of thiazole rings is 1. The number of hydrogen-bond acceptors (Lipinski definition) is 3. The number of rotatable bonds is 4. The van der Waals surface area contributed by atoms with E-state index >= 15 is 0 Å². The molecule has 1 saturated heterocycles. The van der Waals surface area contributed by atoms with E-state index in [1.165, 1.54) is 37.2 Å². The van der Waals surface area contributed by atoms with Crippen molar-refractivity contribution in [2.45, 2.75) is 50.6 Å². The van der Waals surface area contributed by atoms with E-state index in [0.717, 1.165) is 17.7 Å². The van der Waals surface area contributed by atoms with Crippen LogP contribution in [0.5, 0.6) is 0 Å². The van der Waals surface area contributed by atoms with Crippen LogP contribution in [0, 0.1) is 5.92 Å². The third kappa shape index (κ3) is 2.13. The van der Waals surface area contributed by atoms with Gasteiger partial charge in [0.15, 0.2) is 0 Å². The van der Waals surface area contributed by atoms with Gasteiger partial charge in [-0.05, 0) is 31.6 Å². The second-order valence-corrected chi connectivity index (χ2v) is 6.42. The van der Waals surface area contributed by atoms with Gasteiger partial charge >= 0.3 is 0 Å². The van der Waals surface area contributed by atoms with Crippen molar-refractivity contribution in [3.63, 3.8) is 0 Å². The van der Waals surface area contributed by atoms with Crippen molar-refractivity contribution < 1.29 is 0 Å². The summed E-state index contributed by atoms with van der Waals surface area (Å²) in [6.07, 6.45) is 5.43. The molecule has 1 aromatic rings. The second-order valence-electron chi connectivity index (χ2n) is 5.26. The largest absolute Gasteiger partial charge is 0.291 e. The topological polar surface area (TPSA) is 16.1 Å². The molecule has 17 heavy (non-hydrogen) atoms. The molecular weight excluding hydrogens is 252 g/mol. The molecule has 0 aromatic carbocycles. The molecule has 94 valence electrons. The number of halogens is 1. The summed E-state index contributed by atoms with van der Waals surface area (Å²) in [7, 11) is 0. The van der Waals surface area contributed by atoms with Crippen molar-refractivity contribution in [2.24, 2.45) is 5.92 Å². The smallest absolute Gasteiger partial charge is 0.110 e. The molecule has 1 saturated carbocycles. The molecule has 2 fully saturated rings. The Morgan fingerprint density at radius 3 is 3.00 bits per heavy atom. The number of fused-ring (bicyclic) bond motifs is 2. The van der Waals surface area contributed by atoms with Crippen molar-refractivity contribution in [1.82, 2.24) is 9.88 Å².